The van der Waals surface area contributed by atoms with Crippen molar-refractivity contribution in [3.8, 4) is 0 Å². The van der Waals surface area contributed by atoms with Crippen LogP contribution in [-0.2, 0) is 24.4 Å². The molecule has 0 amide bonds. The van der Waals surface area contributed by atoms with Crippen LogP contribution in [0.15, 0.2) is 23.0 Å². The Morgan fingerprint density at radius 3 is 3.00 bits per heavy atom. The van der Waals surface area contributed by atoms with Crippen LogP contribution in [0.4, 0.5) is 0 Å². The van der Waals surface area contributed by atoms with Crippen LogP contribution in [0.3, 0.4) is 0 Å². The van der Waals surface area contributed by atoms with Gasteiger partial charge in [0.2, 0.25) is 0 Å². The van der Waals surface area contributed by atoms with E-state index in [0.717, 1.165) is 45.3 Å². The average molecular weight is 331 g/mol. The summed E-state index contributed by atoms with van der Waals surface area (Å²) in [5.74, 6) is 1.23. The molecular formula is C18H25N3OS. The SMILES string of the molecule is CCn1cc2c(n1)C(COCC1CC1)CN(Cc1ccsc1)C2. The fraction of sp³-hybridized carbons (Fsp3) is 0.611. The molecule has 0 bridgehead atoms. The Morgan fingerprint density at radius 1 is 1.35 bits per heavy atom. The predicted molar refractivity (Wildman–Crippen MR) is 92.6 cm³/mol. The molecule has 1 aliphatic heterocycles. The van der Waals surface area contributed by atoms with Crippen molar-refractivity contribution in [2.45, 2.75) is 45.3 Å². The quantitative estimate of drug-likeness (QED) is 0.778. The monoisotopic (exact) mass is 331 g/mol. The van der Waals surface area contributed by atoms with Gasteiger partial charge >= 0.3 is 0 Å². The van der Waals surface area contributed by atoms with Crippen molar-refractivity contribution < 1.29 is 4.74 Å². The molecule has 0 radical (unpaired) electrons. The van der Waals surface area contributed by atoms with Crippen LogP contribution in [0, 0.1) is 5.92 Å². The molecule has 1 aliphatic carbocycles. The van der Waals surface area contributed by atoms with Crippen molar-refractivity contribution in [3.63, 3.8) is 0 Å². The molecule has 1 atom stereocenters. The Morgan fingerprint density at radius 2 is 2.26 bits per heavy atom. The molecule has 0 saturated heterocycles. The van der Waals surface area contributed by atoms with E-state index in [9.17, 15) is 0 Å². The molecule has 124 valence electrons. The van der Waals surface area contributed by atoms with Crippen LogP contribution in [0.2, 0.25) is 0 Å². The van der Waals surface area contributed by atoms with Gasteiger partial charge in [0.1, 0.15) is 0 Å². The number of thiophene rings is 1. The Bertz CT molecular complexity index is 633. The Hall–Kier alpha value is -1.17. The Kier molecular flexibility index (Phi) is 4.51. The molecule has 5 heteroatoms. The van der Waals surface area contributed by atoms with Gasteiger partial charge < -0.3 is 4.74 Å². The maximum atomic E-state index is 6.01. The average Bonchev–Trinajstić information content (AvgIpc) is 3.06. The molecule has 2 aliphatic rings. The van der Waals surface area contributed by atoms with Crippen LogP contribution in [0.1, 0.15) is 42.5 Å². The van der Waals surface area contributed by atoms with Crippen molar-refractivity contribution in [2.24, 2.45) is 5.92 Å². The number of aryl methyl sites for hydroxylation is 1. The second kappa shape index (κ2) is 6.75. The number of hydrogen-bond donors (Lipinski definition) is 0. The second-order valence-electron chi connectivity index (χ2n) is 6.87. The lowest BCUT2D eigenvalue weighted by Crippen LogP contribution is -2.34. The molecule has 0 N–H and O–H groups in total. The third kappa shape index (κ3) is 3.67. The Balaban J connectivity index is 1.46. The van der Waals surface area contributed by atoms with Gasteiger partial charge in [0.05, 0.1) is 12.3 Å². The fourth-order valence-electron chi connectivity index (χ4n) is 3.36. The zero-order valence-corrected chi connectivity index (χ0v) is 14.6. The van der Waals surface area contributed by atoms with Gasteiger partial charge in [-0.25, -0.2) is 0 Å². The molecule has 1 unspecified atom stereocenters. The van der Waals surface area contributed by atoms with E-state index < -0.39 is 0 Å². The number of nitrogens with zero attached hydrogens (tertiary/aromatic N) is 3. The van der Waals surface area contributed by atoms with Crippen LogP contribution in [0.5, 0.6) is 0 Å². The minimum atomic E-state index is 0.406. The lowest BCUT2D eigenvalue weighted by molar-refractivity contribution is 0.0881. The number of fused-ring (bicyclic) bond motifs is 1. The van der Waals surface area contributed by atoms with Gasteiger partial charge in [0.15, 0.2) is 0 Å². The highest BCUT2D eigenvalue weighted by Crippen LogP contribution is 2.31. The lowest BCUT2D eigenvalue weighted by atomic mass is 9.97. The second-order valence-corrected chi connectivity index (χ2v) is 7.65. The van der Waals surface area contributed by atoms with E-state index in [1.807, 2.05) is 0 Å². The van der Waals surface area contributed by atoms with Gasteiger partial charge in [-0.1, -0.05) is 0 Å². The molecule has 2 aromatic heterocycles. The molecule has 0 spiro atoms. The van der Waals surface area contributed by atoms with E-state index >= 15 is 0 Å². The minimum Gasteiger partial charge on any atom is -0.380 e. The summed E-state index contributed by atoms with van der Waals surface area (Å²) in [5, 5.41) is 9.22. The molecule has 4 nitrogen and oxygen atoms in total. The Labute approximate surface area is 142 Å². The van der Waals surface area contributed by atoms with E-state index in [1.54, 1.807) is 11.3 Å². The lowest BCUT2D eigenvalue weighted by Gasteiger charge is -2.31. The van der Waals surface area contributed by atoms with Crippen molar-refractivity contribution >= 4 is 11.3 Å². The summed E-state index contributed by atoms with van der Waals surface area (Å²) >= 11 is 1.78. The van der Waals surface area contributed by atoms with Gasteiger partial charge in [-0.3, -0.25) is 9.58 Å². The number of hydrogen-bond acceptors (Lipinski definition) is 4. The smallest absolute Gasteiger partial charge is 0.0736 e. The van der Waals surface area contributed by atoms with E-state index in [0.29, 0.717) is 5.92 Å². The first-order valence-corrected chi connectivity index (χ1v) is 9.63. The topological polar surface area (TPSA) is 30.3 Å². The molecule has 1 saturated carbocycles. The highest BCUT2D eigenvalue weighted by Gasteiger charge is 2.29. The summed E-state index contributed by atoms with van der Waals surface area (Å²) in [7, 11) is 0. The van der Waals surface area contributed by atoms with Gasteiger partial charge in [0, 0.05) is 50.5 Å². The van der Waals surface area contributed by atoms with Gasteiger partial charge in [0.25, 0.3) is 0 Å². The normalized spacial score (nSPS) is 21.5. The molecular weight excluding hydrogens is 306 g/mol. The molecule has 1 fully saturated rings. The largest absolute Gasteiger partial charge is 0.380 e. The zero-order valence-electron chi connectivity index (χ0n) is 13.8. The fourth-order valence-corrected chi connectivity index (χ4v) is 4.02. The maximum absolute atomic E-state index is 6.01. The summed E-state index contributed by atoms with van der Waals surface area (Å²) in [6, 6.07) is 2.23. The van der Waals surface area contributed by atoms with Gasteiger partial charge in [-0.05, 0) is 48.1 Å². The third-order valence-electron chi connectivity index (χ3n) is 4.81. The molecule has 4 rings (SSSR count). The van der Waals surface area contributed by atoms with E-state index in [-0.39, 0.29) is 0 Å². The minimum absolute atomic E-state index is 0.406. The summed E-state index contributed by atoms with van der Waals surface area (Å²) < 4.78 is 8.08. The summed E-state index contributed by atoms with van der Waals surface area (Å²) in [5.41, 5.74) is 4.07. The van der Waals surface area contributed by atoms with E-state index in [4.69, 9.17) is 9.84 Å². The number of rotatable bonds is 7. The summed E-state index contributed by atoms with van der Waals surface area (Å²) in [4.78, 5) is 2.54. The van der Waals surface area contributed by atoms with Gasteiger partial charge in [-0.2, -0.15) is 16.4 Å². The third-order valence-corrected chi connectivity index (χ3v) is 5.54. The highest BCUT2D eigenvalue weighted by atomic mass is 32.1. The van der Waals surface area contributed by atoms with Crippen molar-refractivity contribution in [1.82, 2.24) is 14.7 Å². The predicted octanol–water partition coefficient (Wildman–Crippen LogP) is 3.49. The first-order chi connectivity index (χ1) is 11.3. The van der Waals surface area contributed by atoms with Crippen LogP contribution < -0.4 is 0 Å². The maximum Gasteiger partial charge on any atom is 0.0736 e. The van der Waals surface area contributed by atoms with Gasteiger partial charge in [-0.15, -0.1) is 0 Å². The van der Waals surface area contributed by atoms with Crippen molar-refractivity contribution in [2.75, 3.05) is 19.8 Å². The molecule has 23 heavy (non-hydrogen) atoms. The van der Waals surface area contributed by atoms with Crippen molar-refractivity contribution in [3.05, 3.63) is 39.8 Å². The highest BCUT2D eigenvalue weighted by molar-refractivity contribution is 7.07. The number of ether oxygens (including phenoxy) is 1. The molecule has 3 heterocycles. The summed E-state index contributed by atoms with van der Waals surface area (Å²) in [6.07, 6.45) is 4.93. The van der Waals surface area contributed by atoms with Crippen molar-refractivity contribution in [1.29, 1.82) is 0 Å². The van der Waals surface area contributed by atoms with Crippen LogP contribution in [0.25, 0.3) is 0 Å². The standard InChI is InChI=1S/C18H25N3OS/c1-2-21-10-16-8-20(7-15-5-6-23-13-15)9-17(18(16)19-21)12-22-11-14-3-4-14/h5-6,10,13-14,17H,2-4,7-9,11-12H2,1H3. The molecule has 2 aromatic rings. The zero-order chi connectivity index (χ0) is 15.6. The number of aromatic nitrogens is 2. The van der Waals surface area contributed by atoms with E-state index in [2.05, 4.69) is 39.5 Å². The first kappa shape index (κ1) is 15.4. The molecule has 0 aromatic carbocycles. The van der Waals surface area contributed by atoms with E-state index in [1.165, 1.54) is 29.7 Å². The first-order valence-electron chi connectivity index (χ1n) is 8.69. The summed E-state index contributed by atoms with van der Waals surface area (Å²) in [6.45, 7) is 7.92. The van der Waals surface area contributed by atoms with Crippen LogP contribution in [-0.4, -0.2) is 34.4 Å². The van der Waals surface area contributed by atoms with Crippen LogP contribution >= 0.6 is 11.3 Å².